The molecule has 0 unspecified atom stereocenters. The van der Waals surface area contributed by atoms with Crippen molar-refractivity contribution < 1.29 is 17.9 Å². The second-order valence-corrected chi connectivity index (χ2v) is 3.88. The Morgan fingerprint density at radius 2 is 2.13 bits per heavy atom. The van der Waals surface area contributed by atoms with Crippen molar-refractivity contribution in [2.24, 2.45) is 0 Å². The normalized spacial score (nSPS) is 11.5. The summed E-state index contributed by atoms with van der Waals surface area (Å²) >= 11 is 6.98. The molecule has 0 bridgehead atoms. The van der Waals surface area contributed by atoms with Crippen LogP contribution in [0.1, 0.15) is 5.56 Å². The fourth-order valence-electron chi connectivity index (χ4n) is 0.876. The highest BCUT2D eigenvalue weighted by atomic mass is 127. The largest absolute Gasteiger partial charge is 0.573 e. The van der Waals surface area contributed by atoms with Gasteiger partial charge in [-0.2, -0.15) is 0 Å². The zero-order valence-electron chi connectivity index (χ0n) is 6.99. The summed E-state index contributed by atoms with van der Waals surface area (Å²) < 4.78 is 39.8. The van der Waals surface area contributed by atoms with Gasteiger partial charge in [0.15, 0.2) is 5.75 Å². The van der Waals surface area contributed by atoms with Crippen LogP contribution in [0.2, 0.25) is 0 Å². The maximum absolute atomic E-state index is 12.0. The number of alkyl halides is 4. The fraction of sp³-hybridized carbons (Fsp3) is 0.286. The Labute approximate surface area is 101 Å². The molecule has 0 aliphatic heterocycles. The first-order chi connectivity index (χ1) is 6.85. The van der Waals surface area contributed by atoms with E-state index in [1.165, 1.54) is 0 Å². The first-order valence-corrected chi connectivity index (χ1v) is 5.18. The summed E-state index contributed by atoms with van der Waals surface area (Å²) in [6, 6.07) is 0. The van der Waals surface area contributed by atoms with Crippen LogP contribution in [0.5, 0.6) is 5.75 Å². The van der Waals surface area contributed by atoms with Gasteiger partial charge in [0.2, 0.25) is 0 Å². The summed E-state index contributed by atoms with van der Waals surface area (Å²) in [6.45, 7) is 0. The Balaban J connectivity index is 3.26. The van der Waals surface area contributed by atoms with Gasteiger partial charge in [0.1, 0.15) is 0 Å². The standard InChI is InChI=1S/C7H4ClF3INO2/c8-1-3-5(15-7(9,10)11)4(12)2-13-6(3)14/h2H,1H2,(H,13,14). The molecule has 0 fully saturated rings. The van der Waals surface area contributed by atoms with Crippen LogP contribution in [0.15, 0.2) is 11.0 Å². The number of nitrogens with one attached hydrogen (secondary N) is 1. The van der Waals surface area contributed by atoms with Gasteiger partial charge in [0.05, 0.1) is 15.0 Å². The van der Waals surface area contributed by atoms with Crippen LogP contribution >= 0.6 is 34.2 Å². The lowest BCUT2D eigenvalue weighted by Gasteiger charge is -2.12. The van der Waals surface area contributed by atoms with Gasteiger partial charge in [0.25, 0.3) is 5.56 Å². The Hall–Kier alpha value is -0.440. The van der Waals surface area contributed by atoms with Gasteiger partial charge in [-0.15, -0.1) is 24.8 Å². The first kappa shape index (κ1) is 12.6. The topological polar surface area (TPSA) is 42.1 Å². The van der Waals surface area contributed by atoms with Crippen molar-refractivity contribution in [1.82, 2.24) is 4.98 Å². The number of hydrogen-bond acceptors (Lipinski definition) is 2. The predicted molar refractivity (Wildman–Crippen MR) is 56.0 cm³/mol. The third-order valence-electron chi connectivity index (χ3n) is 1.45. The van der Waals surface area contributed by atoms with Gasteiger partial charge >= 0.3 is 6.36 Å². The van der Waals surface area contributed by atoms with E-state index in [1.807, 2.05) is 0 Å². The van der Waals surface area contributed by atoms with Crippen molar-refractivity contribution in [3.05, 3.63) is 25.7 Å². The molecule has 1 heterocycles. The minimum Gasteiger partial charge on any atom is -0.404 e. The molecule has 1 N–H and O–H groups in total. The third kappa shape index (κ3) is 3.26. The second kappa shape index (κ2) is 4.60. The van der Waals surface area contributed by atoms with E-state index in [-0.39, 0.29) is 15.0 Å². The molecule has 15 heavy (non-hydrogen) atoms. The quantitative estimate of drug-likeness (QED) is 0.656. The van der Waals surface area contributed by atoms with Gasteiger partial charge in [-0.3, -0.25) is 4.79 Å². The molecule has 0 saturated carbocycles. The highest BCUT2D eigenvalue weighted by Gasteiger charge is 2.33. The minimum atomic E-state index is -4.84. The van der Waals surface area contributed by atoms with Crippen LogP contribution in [0, 0.1) is 3.57 Å². The molecule has 0 aliphatic carbocycles. The number of rotatable bonds is 2. The van der Waals surface area contributed by atoms with Crippen LogP contribution in [0.3, 0.4) is 0 Å². The van der Waals surface area contributed by atoms with Crippen molar-refractivity contribution in [2.45, 2.75) is 12.2 Å². The van der Waals surface area contributed by atoms with Gasteiger partial charge in [-0.05, 0) is 22.6 Å². The van der Waals surface area contributed by atoms with Gasteiger partial charge in [-0.25, -0.2) is 0 Å². The number of ether oxygens (including phenoxy) is 1. The highest BCUT2D eigenvalue weighted by Crippen LogP contribution is 2.29. The molecule has 0 radical (unpaired) electrons. The smallest absolute Gasteiger partial charge is 0.404 e. The number of halogens is 5. The molecule has 3 nitrogen and oxygen atoms in total. The van der Waals surface area contributed by atoms with E-state index in [2.05, 4.69) is 9.72 Å². The molecule has 0 aliphatic rings. The number of hydrogen-bond donors (Lipinski definition) is 1. The first-order valence-electron chi connectivity index (χ1n) is 3.57. The van der Waals surface area contributed by atoms with Crippen LogP contribution in [0.4, 0.5) is 13.2 Å². The van der Waals surface area contributed by atoms with Crippen molar-refractivity contribution in [1.29, 1.82) is 0 Å². The monoisotopic (exact) mass is 353 g/mol. The van der Waals surface area contributed by atoms with E-state index in [1.54, 1.807) is 22.6 Å². The van der Waals surface area contributed by atoms with E-state index in [0.29, 0.717) is 0 Å². The van der Waals surface area contributed by atoms with Crippen molar-refractivity contribution in [3.63, 3.8) is 0 Å². The molecule has 1 rings (SSSR count). The number of aromatic nitrogens is 1. The van der Waals surface area contributed by atoms with Crippen LogP contribution in [-0.2, 0) is 5.88 Å². The van der Waals surface area contributed by atoms with Gasteiger partial charge < -0.3 is 9.72 Å². The van der Waals surface area contributed by atoms with Gasteiger partial charge in [0, 0.05) is 6.20 Å². The number of pyridine rings is 1. The maximum atomic E-state index is 12.0. The predicted octanol–water partition coefficient (Wildman–Crippen LogP) is 2.62. The van der Waals surface area contributed by atoms with E-state index in [4.69, 9.17) is 11.6 Å². The summed E-state index contributed by atoms with van der Waals surface area (Å²) in [4.78, 5) is 13.4. The summed E-state index contributed by atoms with van der Waals surface area (Å²) in [7, 11) is 0. The molecule has 8 heteroatoms. The molecular formula is C7H4ClF3INO2. The molecule has 0 atom stereocenters. The molecule has 0 amide bonds. The lowest BCUT2D eigenvalue weighted by molar-refractivity contribution is -0.275. The minimum absolute atomic E-state index is 0.139. The van der Waals surface area contributed by atoms with E-state index in [9.17, 15) is 18.0 Å². The maximum Gasteiger partial charge on any atom is 0.573 e. The lowest BCUT2D eigenvalue weighted by atomic mass is 10.3. The van der Waals surface area contributed by atoms with E-state index in [0.717, 1.165) is 6.20 Å². The van der Waals surface area contributed by atoms with Crippen LogP contribution < -0.4 is 10.3 Å². The Morgan fingerprint density at radius 3 is 2.60 bits per heavy atom. The third-order valence-corrected chi connectivity index (χ3v) is 2.52. The zero-order valence-corrected chi connectivity index (χ0v) is 9.90. The van der Waals surface area contributed by atoms with E-state index < -0.39 is 17.7 Å². The molecule has 0 saturated heterocycles. The number of H-pyrrole nitrogens is 1. The lowest BCUT2D eigenvalue weighted by Crippen LogP contribution is -2.22. The van der Waals surface area contributed by atoms with Crippen molar-refractivity contribution >= 4 is 34.2 Å². The van der Waals surface area contributed by atoms with Crippen molar-refractivity contribution in [2.75, 3.05) is 0 Å². The zero-order chi connectivity index (χ0) is 11.6. The summed E-state index contributed by atoms with van der Waals surface area (Å²) in [5.74, 6) is -0.890. The molecule has 1 aromatic rings. The molecule has 0 spiro atoms. The van der Waals surface area contributed by atoms with E-state index >= 15 is 0 Å². The Bertz CT molecular complexity index is 418. The highest BCUT2D eigenvalue weighted by molar-refractivity contribution is 14.1. The average molecular weight is 353 g/mol. The van der Waals surface area contributed by atoms with Crippen molar-refractivity contribution in [3.8, 4) is 5.75 Å². The molecule has 1 aromatic heterocycles. The summed E-state index contributed by atoms with van der Waals surface area (Å²) in [5, 5.41) is 0. The Morgan fingerprint density at radius 1 is 1.53 bits per heavy atom. The van der Waals surface area contributed by atoms with Crippen LogP contribution in [-0.4, -0.2) is 11.3 Å². The number of aromatic amines is 1. The average Bonchev–Trinajstić information content (AvgIpc) is 2.10. The SMILES string of the molecule is O=c1[nH]cc(I)c(OC(F)(F)F)c1CCl. The molecule has 84 valence electrons. The Kier molecular flexibility index (Phi) is 3.87. The van der Waals surface area contributed by atoms with Gasteiger partial charge in [-0.1, -0.05) is 0 Å². The van der Waals surface area contributed by atoms with Crippen LogP contribution in [0.25, 0.3) is 0 Å². The molecular weight excluding hydrogens is 349 g/mol. The second-order valence-electron chi connectivity index (χ2n) is 2.45. The molecule has 0 aromatic carbocycles. The fourth-order valence-corrected chi connectivity index (χ4v) is 1.71. The summed E-state index contributed by atoms with van der Waals surface area (Å²) in [5.41, 5.74) is -0.925. The summed E-state index contributed by atoms with van der Waals surface area (Å²) in [6.07, 6.45) is -3.71.